The van der Waals surface area contributed by atoms with Gasteiger partial charge in [0.05, 0.1) is 18.0 Å². The van der Waals surface area contributed by atoms with Crippen LogP contribution in [0.1, 0.15) is 51.2 Å². The first-order chi connectivity index (χ1) is 11.2. The number of hydrogen-bond acceptors (Lipinski definition) is 5. The lowest BCUT2D eigenvalue weighted by atomic mass is 10.2. The summed E-state index contributed by atoms with van der Waals surface area (Å²) < 4.78 is 5.76. The van der Waals surface area contributed by atoms with Crippen LogP contribution >= 0.6 is 11.3 Å². The smallest absolute Gasteiger partial charge is 0.264 e. The number of carbonyl (C=O) groups excluding carboxylic acids is 1. The summed E-state index contributed by atoms with van der Waals surface area (Å²) in [4.78, 5) is 21.3. The van der Waals surface area contributed by atoms with Crippen LogP contribution in [-0.4, -0.2) is 45.7 Å². The van der Waals surface area contributed by atoms with Crippen molar-refractivity contribution in [2.75, 3.05) is 19.7 Å². The molecule has 7 heteroatoms. The van der Waals surface area contributed by atoms with Crippen molar-refractivity contribution < 1.29 is 9.53 Å². The molecule has 0 saturated carbocycles. The molecule has 0 bridgehead atoms. The molecular formula is C16H20N4O2S. The molecule has 23 heavy (non-hydrogen) atoms. The van der Waals surface area contributed by atoms with Crippen molar-refractivity contribution in [2.24, 2.45) is 0 Å². The van der Waals surface area contributed by atoms with Gasteiger partial charge in [-0.25, -0.2) is 4.98 Å². The molecule has 1 N–H and O–H groups in total. The number of H-pyrrole nitrogens is 1. The number of amides is 1. The summed E-state index contributed by atoms with van der Waals surface area (Å²) in [5.74, 6) is 1.61. The molecule has 1 aliphatic heterocycles. The maximum absolute atomic E-state index is 12.8. The highest BCUT2D eigenvalue weighted by atomic mass is 32.1. The van der Waals surface area contributed by atoms with E-state index in [-0.39, 0.29) is 12.0 Å². The van der Waals surface area contributed by atoms with Gasteiger partial charge < -0.3 is 9.64 Å². The fraction of sp³-hybridized carbons (Fsp3) is 0.562. The number of morpholine rings is 1. The minimum absolute atomic E-state index is 0.115. The molecule has 0 unspecified atom stereocenters. The van der Waals surface area contributed by atoms with Crippen LogP contribution in [0.25, 0.3) is 0 Å². The summed E-state index contributed by atoms with van der Waals surface area (Å²) in [6.07, 6.45) is 4.02. The van der Waals surface area contributed by atoms with Crippen molar-refractivity contribution in [3.05, 3.63) is 33.0 Å². The number of thiophene rings is 1. The third-order valence-electron chi connectivity index (χ3n) is 4.48. The zero-order chi connectivity index (χ0) is 15.8. The van der Waals surface area contributed by atoms with E-state index in [0.717, 1.165) is 30.0 Å². The molecule has 1 fully saturated rings. The predicted octanol–water partition coefficient (Wildman–Crippen LogP) is 2.13. The molecule has 2 aromatic heterocycles. The van der Waals surface area contributed by atoms with E-state index in [4.69, 9.17) is 4.74 Å². The second-order valence-electron chi connectivity index (χ2n) is 6.02. The highest BCUT2D eigenvalue weighted by Crippen LogP contribution is 2.32. The molecule has 0 spiro atoms. The van der Waals surface area contributed by atoms with E-state index in [1.54, 1.807) is 11.3 Å². The standard InChI is InChI=1S/C16H20N4O2S/c1-2-14-17-15(19-18-14)11-9-20(6-7-22-11)16(21)13-8-10-4-3-5-12(10)23-13/h8,11H,2-7,9H2,1H3,(H,17,18,19)/t11-/m1/s1. The number of rotatable bonds is 3. The topological polar surface area (TPSA) is 71.1 Å². The fourth-order valence-electron chi connectivity index (χ4n) is 3.19. The molecule has 1 amide bonds. The number of aromatic nitrogens is 3. The maximum Gasteiger partial charge on any atom is 0.264 e. The Kier molecular flexibility index (Phi) is 3.90. The number of fused-ring (bicyclic) bond motifs is 1. The Morgan fingerprint density at radius 2 is 2.43 bits per heavy atom. The number of aromatic amines is 1. The summed E-state index contributed by atoms with van der Waals surface area (Å²) in [6.45, 7) is 3.70. The van der Waals surface area contributed by atoms with E-state index < -0.39 is 0 Å². The van der Waals surface area contributed by atoms with Gasteiger partial charge >= 0.3 is 0 Å². The lowest BCUT2D eigenvalue weighted by Gasteiger charge is -2.31. The zero-order valence-electron chi connectivity index (χ0n) is 13.2. The summed E-state index contributed by atoms with van der Waals surface area (Å²) >= 11 is 1.66. The number of nitrogens with one attached hydrogen (secondary N) is 1. The number of carbonyl (C=O) groups is 1. The monoisotopic (exact) mass is 332 g/mol. The van der Waals surface area contributed by atoms with Gasteiger partial charge in [-0.3, -0.25) is 9.89 Å². The van der Waals surface area contributed by atoms with Crippen LogP contribution in [0.15, 0.2) is 6.07 Å². The van der Waals surface area contributed by atoms with E-state index in [1.165, 1.54) is 16.9 Å². The quantitative estimate of drug-likeness (QED) is 0.935. The summed E-state index contributed by atoms with van der Waals surface area (Å²) in [6, 6.07) is 2.09. The Balaban J connectivity index is 1.48. The Bertz CT molecular complexity index is 702. The first-order valence-electron chi connectivity index (χ1n) is 8.18. The molecule has 6 nitrogen and oxygen atoms in total. The third kappa shape index (κ3) is 2.79. The van der Waals surface area contributed by atoms with E-state index in [1.807, 2.05) is 11.8 Å². The average molecular weight is 332 g/mol. The van der Waals surface area contributed by atoms with Crippen LogP contribution < -0.4 is 0 Å². The van der Waals surface area contributed by atoms with Crippen LogP contribution in [0, 0.1) is 0 Å². The lowest BCUT2D eigenvalue weighted by molar-refractivity contribution is -0.0265. The molecule has 1 atom stereocenters. The maximum atomic E-state index is 12.8. The lowest BCUT2D eigenvalue weighted by Crippen LogP contribution is -2.42. The second kappa shape index (κ2) is 6.05. The van der Waals surface area contributed by atoms with Gasteiger partial charge in [0.25, 0.3) is 5.91 Å². The normalized spacial score (nSPS) is 20.7. The highest BCUT2D eigenvalue weighted by molar-refractivity contribution is 7.14. The van der Waals surface area contributed by atoms with Crippen molar-refractivity contribution in [3.8, 4) is 0 Å². The van der Waals surface area contributed by atoms with Crippen molar-refractivity contribution in [3.63, 3.8) is 0 Å². The van der Waals surface area contributed by atoms with Gasteiger partial charge in [0.1, 0.15) is 11.9 Å². The molecule has 2 aromatic rings. The summed E-state index contributed by atoms with van der Waals surface area (Å²) in [5.41, 5.74) is 1.37. The Hall–Kier alpha value is -1.73. The van der Waals surface area contributed by atoms with E-state index >= 15 is 0 Å². The summed E-state index contributed by atoms with van der Waals surface area (Å²) in [5, 5.41) is 7.13. The first kappa shape index (κ1) is 14.8. The minimum atomic E-state index is -0.240. The van der Waals surface area contributed by atoms with E-state index in [9.17, 15) is 4.79 Å². The van der Waals surface area contributed by atoms with Crippen LogP contribution in [0.3, 0.4) is 0 Å². The molecule has 1 aliphatic carbocycles. The van der Waals surface area contributed by atoms with Gasteiger partial charge in [0.2, 0.25) is 0 Å². The van der Waals surface area contributed by atoms with Crippen LogP contribution in [0.4, 0.5) is 0 Å². The van der Waals surface area contributed by atoms with Gasteiger partial charge in [-0.2, -0.15) is 5.10 Å². The SMILES string of the molecule is CCc1nc([C@H]2CN(C(=O)c3cc4c(s3)CCC4)CCO2)n[nH]1. The largest absolute Gasteiger partial charge is 0.366 e. The number of hydrogen-bond donors (Lipinski definition) is 1. The molecule has 1 saturated heterocycles. The minimum Gasteiger partial charge on any atom is -0.366 e. The average Bonchev–Trinajstić information content (AvgIpc) is 3.29. The Morgan fingerprint density at radius 3 is 3.22 bits per heavy atom. The molecular weight excluding hydrogens is 312 g/mol. The van der Waals surface area contributed by atoms with E-state index in [0.29, 0.717) is 25.5 Å². The molecule has 0 aromatic carbocycles. The molecule has 0 radical (unpaired) electrons. The number of nitrogens with zero attached hydrogens (tertiary/aromatic N) is 3. The molecule has 2 aliphatic rings. The second-order valence-corrected chi connectivity index (χ2v) is 7.15. The predicted molar refractivity (Wildman–Crippen MR) is 86.7 cm³/mol. The molecule has 4 rings (SSSR count). The first-order valence-corrected chi connectivity index (χ1v) is 9.00. The van der Waals surface area contributed by atoms with Crippen LogP contribution in [0.5, 0.6) is 0 Å². The van der Waals surface area contributed by atoms with Crippen molar-refractivity contribution in [1.82, 2.24) is 20.1 Å². The van der Waals surface area contributed by atoms with Gasteiger partial charge in [0.15, 0.2) is 5.82 Å². The zero-order valence-corrected chi connectivity index (χ0v) is 14.0. The van der Waals surface area contributed by atoms with Gasteiger partial charge in [-0.05, 0) is 30.9 Å². The highest BCUT2D eigenvalue weighted by Gasteiger charge is 2.30. The van der Waals surface area contributed by atoms with Gasteiger partial charge in [-0.1, -0.05) is 6.92 Å². The Labute approximate surface area is 138 Å². The van der Waals surface area contributed by atoms with Crippen molar-refractivity contribution >= 4 is 17.2 Å². The third-order valence-corrected chi connectivity index (χ3v) is 5.71. The fourth-order valence-corrected chi connectivity index (χ4v) is 4.41. The molecule has 3 heterocycles. The summed E-state index contributed by atoms with van der Waals surface area (Å²) in [7, 11) is 0. The van der Waals surface area contributed by atoms with Crippen LogP contribution in [0.2, 0.25) is 0 Å². The van der Waals surface area contributed by atoms with Crippen molar-refractivity contribution in [1.29, 1.82) is 0 Å². The number of aryl methyl sites for hydroxylation is 3. The van der Waals surface area contributed by atoms with Gasteiger partial charge in [-0.15, -0.1) is 11.3 Å². The van der Waals surface area contributed by atoms with Gasteiger partial charge in [0, 0.05) is 17.8 Å². The van der Waals surface area contributed by atoms with E-state index in [2.05, 4.69) is 21.2 Å². The number of ether oxygens (including phenoxy) is 1. The van der Waals surface area contributed by atoms with Crippen LogP contribution in [-0.2, 0) is 24.0 Å². The Morgan fingerprint density at radius 1 is 1.52 bits per heavy atom. The molecule has 122 valence electrons. The van der Waals surface area contributed by atoms with Crippen molar-refractivity contribution in [2.45, 2.75) is 38.7 Å².